The van der Waals surface area contributed by atoms with Crippen LogP contribution in [-0.2, 0) is 4.79 Å². The maximum atomic E-state index is 9.48. The summed E-state index contributed by atoms with van der Waals surface area (Å²) in [5.41, 5.74) is 4.81. The van der Waals surface area contributed by atoms with Crippen LogP contribution in [0.3, 0.4) is 0 Å². The highest BCUT2D eigenvalue weighted by Gasteiger charge is 1.70. The second-order valence-electron chi connectivity index (χ2n) is 0.969. The number of nitrogens with one attached hydrogen (secondary N) is 3. The minimum absolute atomic E-state index is 0. The summed E-state index contributed by atoms with van der Waals surface area (Å²) >= 11 is 0. The summed E-state index contributed by atoms with van der Waals surface area (Å²) in [4.78, 5) is 9.48. The highest BCUT2D eigenvalue weighted by molar-refractivity contribution is 5.44. The fraction of sp³-hybridized carbons (Fsp3) is 0.750. The Bertz CT molecular complexity index is 48.5. The molecule has 1 amide bonds. The van der Waals surface area contributed by atoms with E-state index in [0.717, 1.165) is 0 Å². The summed E-state index contributed by atoms with van der Waals surface area (Å²) in [6.07, 6.45) is 0.581. The molecule has 0 radical (unpaired) electrons. The summed E-state index contributed by atoms with van der Waals surface area (Å²) in [5, 5.41) is 2.77. The van der Waals surface area contributed by atoms with E-state index in [2.05, 4.69) is 16.2 Å². The zero-order valence-corrected chi connectivity index (χ0v) is 4.19. The van der Waals surface area contributed by atoms with E-state index in [1.165, 1.54) is 0 Å². The standard InChI is InChI=1S/C3H9N3O.CH4/c1-4-2-5-6-3-7;/h3-5H,2H2,1H3,(H,6,7);1H4. The maximum absolute atomic E-state index is 9.48. The zero-order chi connectivity index (χ0) is 5.54. The molecule has 0 aromatic rings. The van der Waals surface area contributed by atoms with Crippen molar-refractivity contribution in [2.45, 2.75) is 7.43 Å². The summed E-state index contributed by atoms with van der Waals surface area (Å²) in [6.45, 7) is 0.582. The van der Waals surface area contributed by atoms with Crippen molar-refractivity contribution in [3.63, 3.8) is 0 Å². The van der Waals surface area contributed by atoms with E-state index in [9.17, 15) is 4.79 Å². The topological polar surface area (TPSA) is 53.2 Å². The predicted octanol–water partition coefficient (Wildman–Crippen LogP) is -0.950. The smallest absolute Gasteiger partial charge is 0.221 e. The number of rotatable bonds is 4. The largest absolute Gasteiger partial charge is 0.306 e. The molecule has 4 nitrogen and oxygen atoms in total. The van der Waals surface area contributed by atoms with Crippen LogP contribution in [0.25, 0.3) is 0 Å². The first-order valence-electron chi connectivity index (χ1n) is 1.98. The van der Waals surface area contributed by atoms with Gasteiger partial charge in [0.2, 0.25) is 6.41 Å². The van der Waals surface area contributed by atoms with Crippen LogP contribution in [0.2, 0.25) is 0 Å². The van der Waals surface area contributed by atoms with Gasteiger partial charge in [0.15, 0.2) is 0 Å². The van der Waals surface area contributed by atoms with Gasteiger partial charge in [-0.3, -0.25) is 10.2 Å². The Morgan fingerprint density at radius 2 is 2.25 bits per heavy atom. The minimum Gasteiger partial charge on any atom is -0.306 e. The van der Waals surface area contributed by atoms with E-state index in [-0.39, 0.29) is 7.43 Å². The van der Waals surface area contributed by atoms with E-state index in [1.807, 2.05) is 0 Å². The van der Waals surface area contributed by atoms with Gasteiger partial charge in [-0.1, -0.05) is 7.43 Å². The lowest BCUT2D eigenvalue weighted by Gasteiger charge is -1.96. The molecular formula is C4H13N3O. The molecular weight excluding hydrogens is 106 g/mol. The SMILES string of the molecule is C.CNCNNC=O. The third-order valence-electron chi connectivity index (χ3n) is 0.426. The molecule has 3 N–H and O–H groups in total. The third kappa shape index (κ3) is 9.04. The quantitative estimate of drug-likeness (QED) is 0.193. The molecule has 0 saturated carbocycles. The van der Waals surface area contributed by atoms with Crippen molar-refractivity contribution in [2.75, 3.05) is 13.7 Å². The Labute approximate surface area is 49.6 Å². The van der Waals surface area contributed by atoms with Gasteiger partial charge in [-0.05, 0) is 7.05 Å². The van der Waals surface area contributed by atoms with E-state index >= 15 is 0 Å². The Morgan fingerprint density at radius 3 is 2.62 bits per heavy atom. The monoisotopic (exact) mass is 119 g/mol. The van der Waals surface area contributed by atoms with Crippen molar-refractivity contribution >= 4 is 6.41 Å². The predicted molar refractivity (Wildman–Crippen MR) is 33.0 cm³/mol. The molecule has 0 rings (SSSR count). The molecule has 0 heterocycles. The average Bonchev–Trinajstić information content (AvgIpc) is 1.69. The molecule has 4 heteroatoms. The van der Waals surface area contributed by atoms with Crippen LogP contribution in [-0.4, -0.2) is 20.1 Å². The molecule has 0 bridgehead atoms. The molecule has 0 aliphatic carbocycles. The van der Waals surface area contributed by atoms with E-state index < -0.39 is 0 Å². The zero-order valence-electron chi connectivity index (χ0n) is 4.19. The summed E-state index contributed by atoms with van der Waals surface area (Å²) < 4.78 is 0. The van der Waals surface area contributed by atoms with Crippen molar-refractivity contribution in [3.8, 4) is 0 Å². The minimum atomic E-state index is 0. The molecule has 0 aromatic carbocycles. The van der Waals surface area contributed by atoms with E-state index in [4.69, 9.17) is 0 Å². The molecule has 8 heavy (non-hydrogen) atoms. The molecule has 0 fully saturated rings. The Hall–Kier alpha value is -0.610. The van der Waals surface area contributed by atoms with Crippen LogP contribution in [0.4, 0.5) is 0 Å². The van der Waals surface area contributed by atoms with Gasteiger partial charge in [-0.25, -0.2) is 5.43 Å². The number of carbonyl (C=O) groups excluding carboxylic acids is 1. The lowest BCUT2D eigenvalue weighted by atomic mass is 11.1. The summed E-state index contributed by atoms with van der Waals surface area (Å²) in [7, 11) is 1.78. The fourth-order valence-corrected chi connectivity index (χ4v) is 0.181. The average molecular weight is 119 g/mol. The first-order valence-corrected chi connectivity index (χ1v) is 1.98. The lowest BCUT2D eigenvalue weighted by molar-refractivity contribution is -0.110. The second-order valence-corrected chi connectivity index (χ2v) is 0.969. The van der Waals surface area contributed by atoms with Gasteiger partial charge in [-0.15, -0.1) is 0 Å². The van der Waals surface area contributed by atoms with Crippen LogP contribution < -0.4 is 16.2 Å². The summed E-state index contributed by atoms with van der Waals surface area (Å²) in [5.74, 6) is 0. The molecule has 0 aliphatic rings. The maximum Gasteiger partial charge on any atom is 0.221 e. The Kier molecular flexibility index (Phi) is 12.5. The second kappa shape index (κ2) is 9.63. The molecule has 0 atom stereocenters. The summed E-state index contributed by atoms with van der Waals surface area (Å²) in [6, 6.07) is 0. The van der Waals surface area contributed by atoms with Gasteiger partial charge in [0.25, 0.3) is 0 Å². The number of carbonyl (C=O) groups is 1. The van der Waals surface area contributed by atoms with Crippen molar-refractivity contribution in [2.24, 2.45) is 0 Å². The fourth-order valence-electron chi connectivity index (χ4n) is 0.181. The van der Waals surface area contributed by atoms with Gasteiger partial charge >= 0.3 is 0 Å². The highest BCUT2D eigenvalue weighted by atomic mass is 16.1. The van der Waals surface area contributed by atoms with Gasteiger partial charge in [0, 0.05) is 0 Å². The van der Waals surface area contributed by atoms with Crippen molar-refractivity contribution in [1.29, 1.82) is 0 Å². The van der Waals surface area contributed by atoms with Crippen LogP contribution in [0.1, 0.15) is 7.43 Å². The highest BCUT2D eigenvalue weighted by Crippen LogP contribution is 1.33. The van der Waals surface area contributed by atoms with Crippen LogP contribution in [0.15, 0.2) is 0 Å². The lowest BCUT2D eigenvalue weighted by Crippen LogP contribution is -2.36. The molecule has 0 spiro atoms. The van der Waals surface area contributed by atoms with Crippen LogP contribution in [0.5, 0.6) is 0 Å². The van der Waals surface area contributed by atoms with E-state index in [1.54, 1.807) is 7.05 Å². The molecule has 50 valence electrons. The number of hydrazine groups is 1. The molecule has 0 unspecified atom stereocenters. The van der Waals surface area contributed by atoms with Gasteiger partial charge in [0.1, 0.15) is 0 Å². The Morgan fingerprint density at radius 1 is 1.62 bits per heavy atom. The normalized spacial score (nSPS) is 7.12. The van der Waals surface area contributed by atoms with Crippen LogP contribution >= 0.6 is 0 Å². The first kappa shape index (κ1) is 10.4. The van der Waals surface area contributed by atoms with E-state index in [0.29, 0.717) is 13.1 Å². The van der Waals surface area contributed by atoms with Gasteiger partial charge in [-0.2, -0.15) is 0 Å². The Balaban J connectivity index is 0. The van der Waals surface area contributed by atoms with Crippen molar-refractivity contribution < 1.29 is 4.79 Å². The number of hydrogen-bond acceptors (Lipinski definition) is 3. The first-order chi connectivity index (χ1) is 3.41. The molecule has 0 aliphatic heterocycles. The van der Waals surface area contributed by atoms with Crippen molar-refractivity contribution in [3.05, 3.63) is 0 Å². The van der Waals surface area contributed by atoms with Gasteiger partial charge < -0.3 is 5.32 Å². The van der Waals surface area contributed by atoms with Crippen molar-refractivity contribution in [1.82, 2.24) is 16.2 Å². The number of amides is 1. The van der Waals surface area contributed by atoms with Crippen LogP contribution in [0, 0.1) is 0 Å². The molecule has 0 saturated heterocycles. The third-order valence-corrected chi connectivity index (χ3v) is 0.426. The van der Waals surface area contributed by atoms with Gasteiger partial charge in [0.05, 0.1) is 6.67 Å². The number of hydrogen-bond donors (Lipinski definition) is 3. The molecule has 0 aromatic heterocycles.